The van der Waals surface area contributed by atoms with Gasteiger partial charge in [-0.2, -0.15) is 0 Å². The SMILES string of the molecule is CN(Cc1cccc(Cl)c1)C(=O)c1cccc(-c2csc(NC3=NCCCN3)n2)n1. The maximum Gasteiger partial charge on any atom is 0.272 e. The first-order valence-corrected chi connectivity index (χ1v) is 10.8. The molecule has 2 N–H and O–H groups in total. The number of halogens is 1. The molecule has 30 heavy (non-hydrogen) atoms. The van der Waals surface area contributed by atoms with Gasteiger partial charge in [-0.05, 0) is 36.2 Å². The number of pyridine rings is 1. The standard InChI is InChI=1S/C21H21ClN6OS/c1-28(12-14-5-2-6-15(22)11-14)19(29)17-8-3-7-16(25-17)18-13-30-21(26-18)27-20-23-9-4-10-24-20/h2-3,5-8,11,13H,4,9-10,12H2,1H3,(H2,23,24,26,27). The van der Waals surface area contributed by atoms with Crippen molar-refractivity contribution in [2.24, 2.45) is 4.99 Å². The average Bonchev–Trinajstić information content (AvgIpc) is 3.22. The van der Waals surface area contributed by atoms with Crippen molar-refractivity contribution in [3.63, 3.8) is 0 Å². The van der Waals surface area contributed by atoms with Crippen LogP contribution in [0.2, 0.25) is 5.02 Å². The van der Waals surface area contributed by atoms with Crippen molar-refractivity contribution >= 4 is 39.9 Å². The van der Waals surface area contributed by atoms with E-state index in [0.717, 1.165) is 36.2 Å². The van der Waals surface area contributed by atoms with Crippen LogP contribution >= 0.6 is 22.9 Å². The van der Waals surface area contributed by atoms with Gasteiger partial charge < -0.3 is 15.5 Å². The molecule has 0 fully saturated rings. The van der Waals surface area contributed by atoms with Crippen molar-refractivity contribution in [2.75, 3.05) is 25.5 Å². The van der Waals surface area contributed by atoms with E-state index in [2.05, 4.69) is 25.6 Å². The molecular formula is C21H21ClN6OS. The average molecular weight is 441 g/mol. The molecule has 4 rings (SSSR count). The summed E-state index contributed by atoms with van der Waals surface area (Å²) < 4.78 is 0. The highest BCUT2D eigenvalue weighted by molar-refractivity contribution is 7.14. The van der Waals surface area contributed by atoms with E-state index in [-0.39, 0.29) is 5.91 Å². The molecule has 0 bridgehead atoms. The number of hydrogen-bond acceptors (Lipinski definition) is 7. The van der Waals surface area contributed by atoms with Gasteiger partial charge in [0, 0.05) is 37.1 Å². The number of carbonyl (C=O) groups is 1. The molecule has 0 unspecified atom stereocenters. The first-order valence-electron chi connectivity index (χ1n) is 9.57. The zero-order valence-corrected chi connectivity index (χ0v) is 18.0. The number of aromatic nitrogens is 2. The highest BCUT2D eigenvalue weighted by Crippen LogP contribution is 2.24. The van der Waals surface area contributed by atoms with E-state index in [1.807, 2.05) is 41.8 Å². The Hall–Kier alpha value is -2.97. The number of benzene rings is 1. The number of guanidine groups is 1. The van der Waals surface area contributed by atoms with Crippen LogP contribution in [0.4, 0.5) is 5.13 Å². The Morgan fingerprint density at radius 3 is 2.90 bits per heavy atom. The highest BCUT2D eigenvalue weighted by atomic mass is 35.5. The summed E-state index contributed by atoms with van der Waals surface area (Å²) in [4.78, 5) is 28.0. The minimum atomic E-state index is -0.161. The number of thiazole rings is 1. The lowest BCUT2D eigenvalue weighted by atomic mass is 10.2. The number of anilines is 1. The number of nitrogens with one attached hydrogen (secondary N) is 2. The summed E-state index contributed by atoms with van der Waals surface area (Å²) in [6.45, 7) is 2.16. The lowest BCUT2D eigenvalue weighted by Crippen LogP contribution is -2.35. The molecule has 7 nitrogen and oxygen atoms in total. The van der Waals surface area contributed by atoms with Gasteiger partial charge in [-0.3, -0.25) is 9.79 Å². The van der Waals surface area contributed by atoms with Gasteiger partial charge >= 0.3 is 0 Å². The zero-order valence-electron chi connectivity index (χ0n) is 16.4. The summed E-state index contributed by atoms with van der Waals surface area (Å²) in [6.07, 6.45) is 1.03. The maximum atomic E-state index is 12.9. The molecule has 1 aromatic carbocycles. The first kappa shape index (κ1) is 20.3. The van der Waals surface area contributed by atoms with E-state index in [9.17, 15) is 4.79 Å². The topological polar surface area (TPSA) is 82.5 Å². The first-order chi connectivity index (χ1) is 14.6. The predicted octanol–water partition coefficient (Wildman–Crippen LogP) is 3.89. The minimum absolute atomic E-state index is 0.161. The molecule has 3 heterocycles. The monoisotopic (exact) mass is 440 g/mol. The smallest absolute Gasteiger partial charge is 0.272 e. The van der Waals surface area contributed by atoms with Crippen LogP contribution in [0.1, 0.15) is 22.5 Å². The number of aliphatic imine (C=N–C) groups is 1. The largest absolute Gasteiger partial charge is 0.356 e. The Morgan fingerprint density at radius 1 is 1.23 bits per heavy atom. The lowest BCUT2D eigenvalue weighted by Gasteiger charge is -2.17. The van der Waals surface area contributed by atoms with Crippen molar-refractivity contribution in [1.29, 1.82) is 0 Å². The molecule has 1 amide bonds. The number of amides is 1. The molecule has 154 valence electrons. The van der Waals surface area contributed by atoms with Gasteiger partial charge in [0.05, 0.1) is 5.69 Å². The Kier molecular flexibility index (Phi) is 6.25. The molecule has 0 radical (unpaired) electrons. The van der Waals surface area contributed by atoms with E-state index < -0.39 is 0 Å². The van der Waals surface area contributed by atoms with Crippen molar-refractivity contribution < 1.29 is 4.79 Å². The van der Waals surface area contributed by atoms with E-state index >= 15 is 0 Å². The van der Waals surface area contributed by atoms with Crippen molar-refractivity contribution in [1.82, 2.24) is 20.2 Å². The van der Waals surface area contributed by atoms with E-state index in [1.54, 1.807) is 18.0 Å². The highest BCUT2D eigenvalue weighted by Gasteiger charge is 2.16. The van der Waals surface area contributed by atoms with Gasteiger partial charge in [0.1, 0.15) is 11.4 Å². The Balaban J connectivity index is 1.47. The number of hydrogen-bond donors (Lipinski definition) is 2. The third kappa shape index (κ3) is 4.95. The van der Waals surface area contributed by atoms with Crippen molar-refractivity contribution in [3.05, 3.63) is 64.1 Å². The summed E-state index contributed by atoms with van der Waals surface area (Å²) in [6, 6.07) is 12.9. The van der Waals surface area contributed by atoms with E-state index in [1.165, 1.54) is 11.3 Å². The van der Waals surface area contributed by atoms with Gasteiger partial charge in [0.15, 0.2) is 11.1 Å². The molecule has 2 aromatic heterocycles. The number of carbonyl (C=O) groups excluding carboxylic acids is 1. The Bertz CT molecular complexity index is 1080. The predicted molar refractivity (Wildman–Crippen MR) is 121 cm³/mol. The molecule has 0 spiro atoms. The van der Waals surface area contributed by atoms with Crippen molar-refractivity contribution in [2.45, 2.75) is 13.0 Å². The van der Waals surface area contributed by atoms with Gasteiger partial charge in [0.2, 0.25) is 0 Å². The van der Waals surface area contributed by atoms with Crippen LogP contribution in [-0.4, -0.2) is 46.9 Å². The minimum Gasteiger partial charge on any atom is -0.356 e. The van der Waals surface area contributed by atoms with Crippen LogP contribution < -0.4 is 10.6 Å². The van der Waals surface area contributed by atoms with Gasteiger partial charge in [-0.1, -0.05) is 29.8 Å². The van der Waals surface area contributed by atoms with E-state index in [4.69, 9.17) is 11.6 Å². The fourth-order valence-electron chi connectivity index (χ4n) is 3.04. The normalized spacial score (nSPS) is 13.3. The second-order valence-corrected chi connectivity index (χ2v) is 8.17. The summed E-state index contributed by atoms with van der Waals surface area (Å²) in [5.41, 5.74) is 2.70. The third-order valence-electron chi connectivity index (χ3n) is 4.51. The fraction of sp³-hybridized carbons (Fsp3) is 0.238. The van der Waals surface area contributed by atoms with Crippen LogP contribution in [-0.2, 0) is 6.54 Å². The molecule has 0 saturated heterocycles. The second-order valence-electron chi connectivity index (χ2n) is 6.87. The Labute approximate surface area is 183 Å². The molecule has 9 heteroatoms. The molecule has 1 aliphatic rings. The summed E-state index contributed by atoms with van der Waals surface area (Å²) in [5.74, 6) is 0.577. The van der Waals surface area contributed by atoms with Crippen LogP contribution in [0, 0.1) is 0 Å². The van der Waals surface area contributed by atoms with Gasteiger partial charge in [0.25, 0.3) is 5.91 Å². The second kappa shape index (κ2) is 9.23. The number of rotatable bonds is 5. The summed E-state index contributed by atoms with van der Waals surface area (Å²) in [7, 11) is 1.75. The number of nitrogens with zero attached hydrogens (tertiary/aromatic N) is 4. The van der Waals surface area contributed by atoms with Crippen LogP contribution in [0.25, 0.3) is 11.4 Å². The third-order valence-corrected chi connectivity index (χ3v) is 5.51. The molecule has 1 aliphatic heterocycles. The molecule has 3 aromatic rings. The van der Waals surface area contributed by atoms with Gasteiger partial charge in [-0.15, -0.1) is 11.3 Å². The van der Waals surface area contributed by atoms with E-state index in [0.29, 0.717) is 28.6 Å². The molecule has 0 atom stereocenters. The quantitative estimate of drug-likeness (QED) is 0.628. The van der Waals surface area contributed by atoms with Crippen LogP contribution in [0.15, 0.2) is 52.8 Å². The fourth-order valence-corrected chi connectivity index (χ4v) is 3.96. The molecular weight excluding hydrogens is 420 g/mol. The molecule has 0 aliphatic carbocycles. The van der Waals surface area contributed by atoms with Crippen molar-refractivity contribution in [3.8, 4) is 11.4 Å². The zero-order chi connectivity index (χ0) is 20.9. The summed E-state index contributed by atoms with van der Waals surface area (Å²) >= 11 is 7.51. The van der Waals surface area contributed by atoms with Crippen LogP contribution in [0.3, 0.4) is 0 Å². The summed E-state index contributed by atoms with van der Waals surface area (Å²) in [5, 5.41) is 9.69. The van der Waals surface area contributed by atoms with Gasteiger partial charge in [-0.25, -0.2) is 9.97 Å². The Morgan fingerprint density at radius 2 is 2.10 bits per heavy atom. The maximum absolute atomic E-state index is 12.9. The lowest BCUT2D eigenvalue weighted by molar-refractivity contribution is 0.0779. The van der Waals surface area contributed by atoms with Crippen LogP contribution in [0.5, 0.6) is 0 Å². The molecule has 0 saturated carbocycles.